The molecule has 0 spiro atoms. The fourth-order valence-electron chi connectivity index (χ4n) is 2.89. The van der Waals surface area contributed by atoms with Gasteiger partial charge in [-0.25, -0.2) is 14.8 Å². The summed E-state index contributed by atoms with van der Waals surface area (Å²) in [6.07, 6.45) is 1.50. The fraction of sp³-hybridized carbons (Fsp3) is 0.650. The number of pyridine rings is 1. The molecule has 0 saturated carbocycles. The number of aromatic hydroxyl groups is 1. The molecule has 0 radical (unpaired) electrons. The molecule has 1 aliphatic heterocycles. The van der Waals surface area contributed by atoms with E-state index in [-0.39, 0.29) is 18.1 Å². The van der Waals surface area contributed by atoms with Crippen LogP contribution in [0.25, 0.3) is 0 Å². The molecule has 2 heterocycles. The molecule has 0 unspecified atom stereocenters. The van der Waals surface area contributed by atoms with E-state index in [4.69, 9.17) is 23.7 Å². The number of aliphatic imine (C=N–C) groups is 1. The number of carbonyl (C=O) groups is 1. The van der Waals surface area contributed by atoms with Crippen molar-refractivity contribution in [1.82, 2.24) is 9.88 Å². The van der Waals surface area contributed by atoms with Crippen molar-refractivity contribution in [2.75, 3.05) is 67.0 Å². The number of likely N-dealkylation sites (N-methyl/N-ethyl adjacent to an activating group) is 1. The summed E-state index contributed by atoms with van der Waals surface area (Å²) in [7, 11) is 3.40. The van der Waals surface area contributed by atoms with Crippen LogP contribution in [-0.4, -0.2) is 99.3 Å². The summed E-state index contributed by atoms with van der Waals surface area (Å²) in [4.78, 5) is 22.7. The molecule has 1 aliphatic rings. The van der Waals surface area contributed by atoms with Gasteiger partial charge in [-0.3, -0.25) is 0 Å². The Labute approximate surface area is 176 Å². The van der Waals surface area contributed by atoms with E-state index in [2.05, 4.69) is 9.98 Å². The molecule has 0 aromatic carbocycles. The van der Waals surface area contributed by atoms with Crippen LogP contribution < -0.4 is 4.74 Å². The minimum Gasteiger partial charge on any atom is -0.505 e. The summed E-state index contributed by atoms with van der Waals surface area (Å²) in [6.45, 7) is 6.79. The predicted octanol–water partition coefficient (Wildman–Crippen LogP) is 0.859. The molecule has 0 bridgehead atoms. The maximum Gasteiger partial charge on any atom is 0.335 e. The molecule has 0 aliphatic carbocycles. The highest BCUT2D eigenvalue weighted by molar-refractivity contribution is 6.03. The number of aromatic nitrogens is 1. The van der Waals surface area contributed by atoms with Crippen LogP contribution in [0.5, 0.6) is 11.5 Å². The van der Waals surface area contributed by atoms with Crippen LogP contribution in [0, 0.1) is 0 Å². The minimum absolute atomic E-state index is 0.0846. The molecule has 1 aromatic heterocycles. The van der Waals surface area contributed by atoms with Crippen molar-refractivity contribution in [3.63, 3.8) is 0 Å². The third-order valence-corrected chi connectivity index (χ3v) is 4.33. The maximum atomic E-state index is 12.2. The third kappa shape index (κ3) is 6.54. The number of amidine groups is 1. The van der Waals surface area contributed by atoms with Gasteiger partial charge in [-0.05, 0) is 13.8 Å². The lowest BCUT2D eigenvalue weighted by molar-refractivity contribution is -0.148. The lowest BCUT2D eigenvalue weighted by Crippen LogP contribution is -2.40. The monoisotopic (exact) mass is 425 g/mol. The molecule has 0 fully saturated rings. The Morgan fingerprint density at radius 3 is 2.50 bits per heavy atom. The zero-order chi connectivity index (χ0) is 22.0. The summed E-state index contributed by atoms with van der Waals surface area (Å²) in [5, 5.41) is 10.4. The molecule has 1 aromatic rings. The summed E-state index contributed by atoms with van der Waals surface area (Å²) in [6, 6.07) is 1.46. The highest BCUT2D eigenvalue weighted by atomic mass is 16.6. The lowest BCUT2D eigenvalue weighted by atomic mass is 10.1. The van der Waals surface area contributed by atoms with Crippen LogP contribution >= 0.6 is 0 Å². The molecule has 10 nitrogen and oxygen atoms in total. The van der Waals surface area contributed by atoms with Gasteiger partial charge in [-0.1, -0.05) is 0 Å². The maximum absolute atomic E-state index is 12.2. The Kier molecular flexibility index (Phi) is 9.28. The first-order chi connectivity index (χ1) is 14.4. The normalized spacial score (nSPS) is 18.4. The zero-order valence-electron chi connectivity index (χ0n) is 18.0. The third-order valence-electron chi connectivity index (χ3n) is 4.33. The second-order valence-electron chi connectivity index (χ2n) is 6.89. The molecule has 1 N–H and O–H groups in total. The van der Waals surface area contributed by atoms with Crippen molar-refractivity contribution in [1.29, 1.82) is 0 Å². The van der Waals surface area contributed by atoms with E-state index < -0.39 is 11.5 Å². The Hall–Kier alpha value is -2.43. The predicted molar refractivity (Wildman–Crippen MR) is 109 cm³/mol. The molecule has 10 heteroatoms. The Morgan fingerprint density at radius 2 is 1.87 bits per heavy atom. The summed E-state index contributed by atoms with van der Waals surface area (Å²) in [5.74, 6) is 0.339. The van der Waals surface area contributed by atoms with Crippen LogP contribution in [0.1, 0.15) is 19.5 Å². The highest BCUT2D eigenvalue weighted by Crippen LogP contribution is 2.29. The first kappa shape index (κ1) is 23.8. The molecule has 2 rings (SSSR count). The number of esters is 1. The summed E-state index contributed by atoms with van der Waals surface area (Å²) >= 11 is 0. The Morgan fingerprint density at radius 1 is 1.20 bits per heavy atom. The van der Waals surface area contributed by atoms with Gasteiger partial charge in [0.1, 0.15) is 23.8 Å². The van der Waals surface area contributed by atoms with Crippen LogP contribution in [0.4, 0.5) is 0 Å². The standard InChI is InChI=1S/C20H31N3O7/c1-5-29-19(25)20(2)14-23(3)18(22-20)17-16(24)12-15(13-21-17)30-11-10-28-9-8-27-7-6-26-4/h12-13,24H,5-11,14H2,1-4H3/t20-/m1/s1. The molecule has 30 heavy (non-hydrogen) atoms. The van der Waals surface area contributed by atoms with E-state index in [1.807, 2.05) is 0 Å². The fourth-order valence-corrected chi connectivity index (χ4v) is 2.89. The number of rotatable bonds is 13. The topological polar surface area (TPSA) is 112 Å². The molecule has 0 saturated heterocycles. The van der Waals surface area contributed by atoms with E-state index in [9.17, 15) is 9.90 Å². The van der Waals surface area contributed by atoms with Crippen molar-refractivity contribution in [2.45, 2.75) is 19.4 Å². The van der Waals surface area contributed by atoms with Gasteiger partial charge in [0, 0.05) is 20.2 Å². The average Bonchev–Trinajstić information content (AvgIpc) is 3.02. The molecule has 1 atom stereocenters. The first-order valence-electron chi connectivity index (χ1n) is 9.86. The Balaban J connectivity index is 1.86. The van der Waals surface area contributed by atoms with E-state index in [0.29, 0.717) is 57.8 Å². The van der Waals surface area contributed by atoms with E-state index in [1.165, 1.54) is 12.3 Å². The molecular weight excluding hydrogens is 394 g/mol. The second-order valence-corrected chi connectivity index (χ2v) is 6.89. The van der Waals surface area contributed by atoms with Crippen molar-refractivity contribution >= 4 is 11.8 Å². The van der Waals surface area contributed by atoms with Gasteiger partial charge >= 0.3 is 5.97 Å². The van der Waals surface area contributed by atoms with Gasteiger partial charge in [-0.2, -0.15) is 0 Å². The van der Waals surface area contributed by atoms with Crippen LogP contribution in [-0.2, 0) is 23.7 Å². The smallest absolute Gasteiger partial charge is 0.335 e. The number of ether oxygens (including phenoxy) is 5. The first-order valence-corrected chi connectivity index (χ1v) is 9.86. The molecule has 0 amide bonds. The highest BCUT2D eigenvalue weighted by Gasteiger charge is 2.42. The van der Waals surface area contributed by atoms with Gasteiger partial charge in [0.05, 0.1) is 52.4 Å². The van der Waals surface area contributed by atoms with Gasteiger partial charge in [0.25, 0.3) is 0 Å². The lowest BCUT2D eigenvalue weighted by Gasteiger charge is -2.19. The van der Waals surface area contributed by atoms with Gasteiger partial charge in [0.2, 0.25) is 0 Å². The van der Waals surface area contributed by atoms with E-state index >= 15 is 0 Å². The summed E-state index contributed by atoms with van der Waals surface area (Å²) < 4.78 is 26.2. The SMILES string of the molecule is CCOC(=O)[C@@]1(C)CN(C)C(c2ncc(OCCOCCOCCOC)cc2O)=N1. The van der Waals surface area contributed by atoms with Gasteiger partial charge in [0.15, 0.2) is 11.4 Å². The number of hydrogen-bond donors (Lipinski definition) is 1. The second kappa shape index (κ2) is 11.7. The quantitative estimate of drug-likeness (QED) is 0.363. The van der Waals surface area contributed by atoms with Crippen molar-refractivity contribution in [3.05, 3.63) is 18.0 Å². The number of hydrogen-bond acceptors (Lipinski definition) is 10. The van der Waals surface area contributed by atoms with E-state index in [1.54, 1.807) is 32.9 Å². The minimum atomic E-state index is -1.03. The Bertz CT molecular complexity index is 728. The summed E-state index contributed by atoms with van der Waals surface area (Å²) in [5.41, 5.74) is -0.754. The van der Waals surface area contributed by atoms with E-state index in [0.717, 1.165) is 0 Å². The van der Waals surface area contributed by atoms with Crippen molar-refractivity contribution in [2.24, 2.45) is 4.99 Å². The van der Waals surface area contributed by atoms with Gasteiger partial charge < -0.3 is 33.7 Å². The average molecular weight is 425 g/mol. The van der Waals surface area contributed by atoms with Crippen LogP contribution in [0.3, 0.4) is 0 Å². The molecule has 168 valence electrons. The number of carbonyl (C=O) groups excluding carboxylic acids is 1. The van der Waals surface area contributed by atoms with Crippen LogP contribution in [0.2, 0.25) is 0 Å². The number of methoxy groups -OCH3 is 1. The van der Waals surface area contributed by atoms with Crippen molar-refractivity contribution in [3.8, 4) is 11.5 Å². The van der Waals surface area contributed by atoms with Crippen LogP contribution in [0.15, 0.2) is 17.3 Å². The largest absolute Gasteiger partial charge is 0.505 e. The van der Waals surface area contributed by atoms with Crippen molar-refractivity contribution < 1.29 is 33.6 Å². The zero-order valence-corrected chi connectivity index (χ0v) is 18.0. The number of nitrogens with zero attached hydrogens (tertiary/aromatic N) is 3. The van der Waals surface area contributed by atoms with Gasteiger partial charge in [-0.15, -0.1) is 0 Å². The molecular formula is C20H31N3O7.